The van der Waals surface area contributed by atoms with Gasteiger partial charge in [0.15, 0.2) is 0 Å². The lowest BCUT2D eigenvalue weighted by atomic mass is 10.2. The Morgan fingerprint density at radius 3 is 2.70 bits per heavy atom. The average Bonchev–Trinajstić information content (AvgIpc) is 3.01. The van der Waals surface area contributed by atoms with Crippen LogP contribution in [-0.4, -0.2) is 17.5 Å². The number of alkyl halides is 1. The summed E-state index contributed by atoms with van der Waals surface area (Å²) < 4.78 is 7.07. The third-order valence-electron chi connectivity index (χ3n) is 3.42. The molecule has 23 heavy (non-hydrogen) atoms. The van der Waals surface area contributed by atoms with E-state index >= 15 is 0 Å². The molecule has 0 N–H and O–H groups in total. The quantitative estimate of drug-likeness (QED) is 0.395. The van der Waals surface area contributed by atoms with Gasteiger partial charge in [0.25, 0.3) is 0 Å². The van der Waals surface area contributed by atoms with E-state index in [4.69, 9.17) is 16.3 Å². The van der Waals surface area contributed by atoms with Crippen LogP contribution in [0.1, 0.15) is 23.4 Å². The number of halogens is 1. The van der Waals surface area contributed by atoms with Crippen molar-refractivity contribution in [2.24, 2.45) is 0 Å². The third-order valence-corrected chi connectivity index (χ3v) is 4.69. The van der Waals surface area contributed by atoms with Crippen LogP contribution in [0.3, 0.4) is 0 Å². The molecule has 0 amide bonds. The van der Waals surface area contributed by atoms with Gasteiger partial charge >= 0.3 is 0 Å². The predicted molar refractivity (Wildman–Crippen MR) is 100 cm³/mol. The van der Waals surface area contributed by atoms with Crippen LogP contribution in [0.15, 0.2) is 48.5 Å². The van der Waals surface area contributed by atoms with E-state index in [1.165, 1.54) is 4.70 Å². The number of benzene rings is 2. The number of ether oxygens (including phenoxy) is 1. The highest BCUT2D eigenvalue weighted by Gasteiger charge is 2.02. The Morgan fingerprint density at radius 2 is 1.83 bits per heavy atom. The molecule has 1 heterocycles. The van der Waals surface area contributed by atoms with Gasteiger partial charge in [-0.1, -0.05) is 30.3 Å². The van der Waals surface area contributed by atoms with E-state index in [2.05, 4.69) is 23.2 Å². The molecule has 4 heteroatoms. The van der Waals surface area contributed by atoms with Crippen LogP contribution in [0.25, 0.3) is 22.4 Å². The first-order valence-electron chi connectivity index (χ1n) is 7.68. The average molecular weight is 344 g/mol. The molecule has 0 saturated heterocycles. The molecular formula is C19H18ClNOS. The molecule has 0 bridgehead atoms. The van der Waals surface area contributed by atoms with E-state index in [0.717, 1.165) is 34.7 Å². The summed E-state index contributed by atoms with van der Waals surface area (Å²) in [6.07, 6.45) is 6.06. The first kappa shape index (κ1) is 16.0. The zero-order valence-electron chi connectivity index (χ0n) is 12.7. The van der Waals surface area contributed by atoms with Crippen LogP contribution in [0, 0.1) is 0 Å². The van der Waals surface area contributed by atoms with Gasteiger partial charge in [-0.25, -0.2) is 4.98 Å². The molecule has 118 valence electrons. The summed E-state index contributed by atoms with van der Waals surface area (Å²) in [6, 6.07) is 16.3. The number of thiazole rings is 1. The summed E-state index contributed by atoms with van der Waals surface area (Å²) in [5.41, 5.74) is 2.11. The third kappa shape index (κ3) is 4.34. The molecule has 0 atom stereocenters. The van der Waals surface area contributed by atoms with Crippen LogP contribution in [-0.2, 0) is 0 Å². The predicted octanol–water partition coefficient (Wildman–Crippen LogP) is 5.86. The van der Waals surface area contributed by atoms with Gasteiger partial charge < -0.3 is 4.74 Å². The van der Waals surface area contributed by atoms with Gasteiger partial charge in [0.2, 0.25) is 0 Å². The van der Waals surface area contributed by atoms with Crippen LogP contribution < -0.4 is 4.74 Å². The monoisotopic (exact) mass is 343 g/mol. The molecule has 2 nitrogen and oxygen atoms in total. The molecule has 0 aliphatic carbocycles. The van der Waals surface area contributed by atoms with E-state index in [0.29, 0.717) is 12.5 Å². The largest absolute Gasteiger partial charge is 0.493 e. The number of nitrogens with zero attached hydrogens (tertiary/aromatic N) is 1. The van der Waals surface area contributed by atoms with E-state index < -0.39 is 0 Å². The second-order valence-corrected chi connectivity index (χ2v) is 6.58. The zero-order valence-corrected chi connectivity index (χ0v) is 14.3. The lowest BCUT2D eigenvalue weighted by molar-refractivity contribution is 0.309. The van der Waals surface area contributed by atoms with Gasteiger partial charge in [-0.2, -0.15) is 0 Å². The summed E-state index contributed by atoms with van der Waals surface area (Å²) in [6.45, 7) is 0.693. The van der Waals surface area contributed by atoms with Crippen LogP contribution in [0.4, 0.5) is 0 Å². The topological polar surface area (TPSA) is 22.1 Å². The summed E-state index contributed by atoms with van der Waals surface area (Å²) in [5, 5.41) is 1.00. The van der Waals surface area contributed by atoms with Crippen molar-refractivity contribution >= 4 is 45.3 Å². The summed E-state index contributed by atoms with van der Waals surface area (Å²) in [4.78, 5) is 4.62. The minimum atomic E-state index is 0.683. The normalized spacial score (nSPS) is 11.3. The van der Waals surface area contributed by atoms with Crippen molar-refractivity contribution in [1.29, 1.82) is 0 Å². The van der Waals surface area contributed by atoms with Gasteiger partial charge in [0.1, 0.15) is 10.8 Å². The highest BCUT2D eigenvalue weighted by molar-refractivity contribution is 7.19. The van der Waals surface area contributed by atoms with Crippen molar-refractivity contribution in [3.05, 3.63) is 59.1 Å². The van der Waals surface area contributed by atoms with Gasteiger partial charge in [0.05, 0.1) is 16.8 Å². The number of fused-ring (bicyclic) bond motifs is 1. The molecule has 0 fully saturated rings. The number of aromatic nitrogens is 1. The molecular weight excluding hydrogens is 326 g/mol. The maximum absolute atomic E-state index is 5.86. The van der Waals surface area contributed by atoms with E-state index in [1.807, 2.05) is 42.5 Å². The molecule has 2 aromatic carbocycles. The number of para-hydroxylation sites is 2. The fourth-order valence-electron chi connectivity index (χ4n) is 2.25. The Labute approximate surface area is 145 Å². The van der Waals surface area contributed by atoms with Gasteiger partial charge in [-0.3, -0.25) is 0 Å². The zero-order chi connectivity index (χ0) is 15.9. The van der Waals surface area contributed by atoms with Gasteiger partial charge in [-0.15, -0.1) is 22.9 Å². The fraction of sp³-hybridized carbons (Fsp3) is 0.211. The molecule has 3 aromatic rings. The first-order valence-corrected chi connectivity index (χ1v) is 9.03. The Balaban J connectivity index is 1.73. The molecule has 0 aliphatic heterocycles. The highest BCUT2D eigenvalue weighted by atomic mass is 35.5. The van der Waals surface area contributed by atoms with Crippen molar-refractivity contribution in [3.8, 4) is 5.75 Å². The number of hydrogen-bond donors (Lipinski definition) is 0. The molecule has 0 radical (unpaired) electrons. The summed E-state index contributed by atoms with van der Waals surface area (Å²) in [7, 11) is 0. The number of unbranched alkanes of at least 4 members (excludes halogenated alkanes) is 1. The van der Waals surface area contributed by atoms with Crippen LogP contribution in [0.2, 0.25) is 0 Å². The number of hydrogen-bond acceptors (Lipinski definition) is 3. The molecule has 0 saturated carbocycles. The Kier molecular flexibility index (Phi) is 5.67. The minimum Gasteiger partial charge on any atom is -0.493 e. The Morgan fingerprint density at radius 1 is 1.00 bits per heavy atom. The van der Waals surface area contributed by atoms with E-state index in [9.17, 15) is 0 Å². The second-order valence-electron chi connectivity index (χ2n) is 5.14. The smallest absolute Gasteiger partial charge is 0.126 e. The van der Waals surface area contributed by atoms with Gasteiger partial charge in [0, 0.05) is 11.4 Å². The molecule has 3 rings (SSSR count). The lowest BCUT2D eigenvalue weighted by Crippen LogP contribution is -1.98. The Hall–Kier alpha value is -1.84. The first-order chi connectivity index (χ1) is 11.4. The Bertz CT molecular complexity index is 764. The van der Waals surface area contributed by atoms with E-state index in [1.54, 1.807) is 11.3 Å². The lowest BCUT2D eigenvalue weighted by Gasteiger charge is -2.08. The SMILES string of the molecule is ClCCCCOc1ccccc1/C=C/c1nc2ccccc2s1. The maximum Gasteiger partial charge on any atom is 0.126 e. The molecule has 0 unspecified atom stereocenters. The van der Waals surface area contributed by atoms with Crippen molar-refractivity contribution in [2.75, 3.05) is 12.5 Å². The van der Waals surface area contributed by atoms with Gasteiger partial charge in [-0.05, 0) is 43.2 Å². The highest BCUT2D eigenvalue weighted by Crippen LogP contribution is 2.25. The number of rotatable bonds is 7. The molecule has 1 aromatic heterocycles. The summed E-state index contributed by atoms with van der Waals surface area (Å²) in [5.74, 6) is 1.59. The van der Waals surface area contributed by atoms with Crippen molar-refractivity contribution < 1.29 is 4.74 Å². The maximum atomic E-state index is 5.86. The minimum absolute atomic E-state index is 0.683. The fourth-order valence-corrected chi connectivity index (χ4v) is 3.31. The van der Waals surface area contributed by atoms with E-state index in [-0.39, 0.29) is 0 Å². The summed E-state index contributed by atoms with van der Waals surface area (Å²) >= 11 is 7.39. The van der Waals surface area contributed by atoms with Crippen molar-refractivity contribution in [1.82, 2.24) is 4.98 Å². The van der Waals surface area contributed by atoms with Crippen molar-refractivity contribution in [2.45, 2.75) is 12.8 Å². The molecule has 0 aliphatic rings. The van der Waals surface area contributed by atoms with Crippen molar-refractivity contribution in [3.63, 3.8) is 0 Å². The van der Waals surface area contributed by atoms with Crippen LogP contribution >= 0.6 is 22.9 Å². The molecule has 0 spiro atoms. The van der Waals surface area contributed by atoms with Crippen LogP contribution in [0.5, 0.6) is 5.75 Å². The standard InChI is InChI=1S/C19H18ClNOS/c20-13-5-6-14-22-17-9-3-1-7-15(17)11-12-19-21-16-8-2-4-10-18(16)23-19/h1-4,7-12H,5-6,13-14H2/b12-11+. The second kappa shape index (κ2) is 8.14.